The van der Waals surface area contributed by atoms with Crippen molar-refractivity contribution in [2.24, 2.45) is 5.16 Å². The molecule has 0 saturated carbocycles. The first-order chi connectivity index (χ1) is 14.6. The van der Waals surface area contributed by atoms with Gasteiger partial charge in [-0.3, -0.25) is 14.9 Å². The van der Waals surface area contributed by atoms with Crippen molar-refractivity contribution < 1.29 is 19.3 Å². The van der Waals surface area contributed by atoms with Crippen LogP contribution in [0.1, 0.15) is 18.1 Å². The van der Waals surface area contributed by atoms with Gasteiger partial charge in [-0.2, -0.15) is 0 Å². The van der Waals surface area contributed by atoms with Crippen molar-refractivity contribution in [3.63, 3.8) is 0 Å². The minimum absolute atomic E-state index is 0.00519. The number of nitro benzene ring substituents is 1. The van der Waals surface area contributed by atoms with E-state index in [1.54, 1.807) is 18.2 Å². The highest BCUT2D eigenvalue weighted by molar-refractivity contribution is 5.91. The number of carbonyl (C=O) groups excluding carboxylic acids is 1. The molecule has 1 fully saturated rings. The van der Waals surface area contributed by atoms with E-state index in [-0.39, 0.29) is 18.2 Å². The smallest absolute Gasteiger partial charge is 0.293 e. The molecule has 0 unspecified atom stereocenters. The Kier molecular flexibility index (Phi) is 7.34. The molecule has 1 aliphatic rings. The van der Waals surface area contributed by atoms with Gasteiger partial charge >= 0.3 is 0 Å². The van der Waals surface area contributed by atoms with Gasteiger partial charge in [0.1, 0.15) is 5.69 Å². The molecule has 2 aromatic rings. The van der Waals surface area contributed by atoms with Crippen molar-refractivity contribution >= 4 is 29.2 Å². The highest BCUT2D eigenvalue weighted by atomic mass is 16.6. The maximum atomic E-state index is 12.0. The third kappa shape index (κ3) is 5.77. The van der Waals surface area contributed by atoms with E-state index in [9.17, 15) is 14.9 Å². The summed E-state index contributed by atoms with van der Waals surface area (Å²) in [5.74, 6) is -0.339. The van der Waals surface area contributed by atoms with Crippen LogP contribution in [0.25, 0.3) is 0 Å². The van der Waals surface area contributed by atoms with Crippen LogP contribution in [0, 0.1) is 10.1 Å². The first-order valence-corrected chi connectivity index (χ1v) is 9.72. The van der Waals surface area contributed by atoms with Gasteiger partial charge in [0.15, 0.2) is 6.61 Å². The van der Waals surface area contributed by atoms with Crippen LogP contribution in [0.2, 0.25) is 0 Å². The number of amides is 1. The van der Waals surface area contributed by atoms with Gasteiger partial charge in [-0.1, -0.05) is 30.3 Å². The maximum Gasteiger partial charge on any atom is 0.293 e. The van der Waals surface area contributed by atoms with Crippen LogP contribution in [0.15, 0.2) is 47.6 Å². The molecular weight excluding hydrogens is 388 g/mol. The average Bonchev–Trinajstić information content (AvgIpc) is 2.77. The predicted octanol–water partition coefficient (Wildman–Crippen LogP) is 2.98. The molecule has 0 aromatic heterocycles. The second kappa shape index (κ2) is 10.4. The van der Waals surface area contributed by atoms with E-state index in [0.29, 0.717) is 43.2 Å². The Hall–Kier alpha value is -3.46. The second-order valence-electron chi connectivity index (χ2n) is 6.71. The van der Waals surface area contributed by atoms with E-state index in [2.05, 4.69) is 10.5 Å². The number of aryl methyl sites for hydroxylation is 1. The number of ether oxygens (including phenoxy) is 1. The highest BCUT2D eigenvalue weighted by Gasteiger charge is 2.21. The van der Waals surface area contributed by atoms with Crippen molar-refractivity contribution in [1.29, 1.82) is 0 Å². The molecule has 9 heteroatoms. The Bertz CT molecular complexity index is 925. The zero-order valence-electron chi connectivity index (χ0n) is 16.7. The summed E-state index contributed by atoms with van der Waals surface area (Å²) in [4.78, 5) is 30.0. The number of morpholine rings is 1. The Balaban J connectivity index is 1.57. The lowest BCUT2D eigenvalue weighted by atomic mass is 10.1. The van der Waals surface area contributed by atoms with E-state index in [1.807, 2.05) is 30.0 Å². The van der Waals surface area contributed by atoms with Crippen LogP contribution in [-0.4, -0.2) is 50.0 Å². The summed E-state index contributed by atoms with van der Waals surface area (Å²) >= 11 is 0. The number of benzene rings is 2. The summed E-state index contributed by atoms with van der Waals surface area (Å²) in [6.45, 7) is 4.07. The van der Waals surface area contributed by atoms with Gasteiger partial charge in [-0.15, -0.1) is 0 Å². The predicted molar refractivity (Wildman–Crippen MR) is 114 cm³/mol. The van der Waals surface area contributed by atoms with E-state index in [1.165, 1.54) is 12.3 Å². The lowest BCUT2D eigenvalue weighted by molar-refractivity contribution is -0.384. The van der Waals surface area contributed by atoms with Crippen molar-refractivity contribution in [1.82, 2.24) is 0 Å². The molecule has 2 aromatic carbocycles. The highest BCUT2D eigenvalue weighted by Crippen LogP contribution is 2.29. The van der Waals surface area contributed by atoms with Crippen molar-refractivity contribution in [2.45, 2.75) is 13.3 Å². The summed E-state index contributed by atoms with van der Waals surface area (Å²) in [6, 6.07) is 12.4. The summed E-state index contributed by atoms with van der Waals surface area (Å²) in [6.07, 6.45) is 2.22. The Morgan fingerprint density at radius 3 is 2.83 bits per heavy atom. The minimum Gasteiger partial charge on any atom is -0.386 e. The third-order valence-electron chi connectivity index (χ3n) is 4.64. The third-order valence-corrected chi connectivity index (χ3v) is 4.64. The molecule has 0 radical (unpaired) electrons. The summed E-state index contributed by atoms with van der Waals surface area (Å²) in [5.41, 5.74) is 2.87. The molecule has 1 saturated heterocycles. The number of oxime groups is 1. The van der Waals surface area contributed by atoms with Crippen LogP contribution in [0.4, 0.5) is 17.1 Å². The first-order valence-electron chi connectivity index (χ1n) is 9.72. The molecule has 3 rings (SSSR count). The lowest BCUT2D eigenvalue weighted by Gasteiger charge is -2.28. The molecular formula is C21H24N4O5. The number of rotatable bonds is 8. The molecule has 158 valence electrons. The molecule has 1 heterocycles. The van der Waals surface area contributed by atoms with Gasteiger partial charge in [0, 0.05) is 30.4 Å². The lowest BCUT2D eigenvalue weighted by Crippen LogP contribution is -2.36. The normalized spacial score (nSPS) is 14.0. The summed E-state index contributed by atoms with van der Waals surface area (Å²) in [7, 11) is 0. The van der Waals surface area contributed by atoms with Crippen molar-refractivity contribution in [3.8, 4) is 0 Å². The van der Waals surface area contributed by atoms with Crippen molar-refractivity contribution in [2.75, 3.05) is 43.1 Å². The molecule has 0 bridgehead atoms. The molecule has 30 heavy (non-hydrogen) atoms. The fourth-order valence-electron chi connectivity index (χ4n) is 3.10. The fourth-order valence-corrected chi connectivity index (χ4v) is 3.10. The van der Waals surface area contributed by atoms with Crippen LogP contribution >= 0.6 is 0 Å². The minimum atomic E-state index is -0.416. The molecule has 0 aliphatic carbocycles. The van der Waals surface area contributed by atoms with Gasteiger partial charge in [0.25, 0.3) is 11.6 Å². The Labute approximate surface area is 174 Å². The number of nitro groups is 1. The van der Waals surface area contributed by atoms with E-state index >= 15 is 0 Å². The first kappa shape index (κ1) is 21.3. The van der Waals surface area contributed by atoms with Gasteiger partial charge < -0.3 is 19.8 Å². The van der Waals surface area contributed by atoms with E-state index in [4.69, 9.17) is 9.57 Å². The number of anilines is 2. The van der Waals surface area contributed by atoms with Crippen LogP contribution in [0.3, 0.4) is 0 Å². The standard InChI is InChI=1S/C21H24N4O5/c1-2-16-4-3-5-18(12-16)23-21(26)15-30-22-14-17-6-7-19(20(13-17)25(27)28)24-8-10-29-11-9-24/h3-7,12-14H,2,8-11,15H2,1H3,(H,23,26)/b22-14-. The summed E-state index contributed by atoms with van der Waals surface area (Å²) < 4.78 is 5.30. The number of hydrogen-bond donors (Lipinski definition) is 1. The van der Waals surface area contributed by atoms with Gasteiger partial charge in [0.2, 0.25) is 0 Å². The Morgan fingerprint density at radius 1 is 1.30 bits per heavy atom. The van der Waals surface area contributed by atoms with Crippen LogP contribution < -0.4 is 10.2 Å². The van der Waals surface area contributed by atoms with Gasteiger partial charge in [-0.05, 0) is 30.2 Å². The molecule has 9 nitrogen and oxygen atoms in total. The van der Waals surface area contributed by atoms with E-state index in [0.717, 1.165) is 12.0 Å². The molecule has 1 aliphatic heterocycles. The zero-order chi connectivity index (χ0) is 21.3. The van der Waals surface area contributed by atoms with Gasteiger partial charge in [0.05, 0.1) is 24.4 Å². The average molecular weight is 412 g/mol. The fraction of sp³-hybridized carbons (Fsp3) is 0.333. The summed E-state index contributed by atoms with van der Waals surface area (Å²) in [5, 5.41) is 18.0. The monoisotopic (exact) mass is 412 g/mol. The number of hydrogen-bond acceptors (Lipinski definition) is 7. The number of nitrogens with one attached hydrogen (secondary N) is 1. The van der Waals surface area contributed by atoms with Gasteiger partial charge in [-0.25, -0.2) is 0 Å². The van der Waals surface area contributed by atoms with Crippen molar-refractivity contribution in [3.05, 3.63) is 63.7 Å². The molecule has 0 atom stereocenters. The topological polar surface area (TPSA) is 106 Å². The quantitative estimate of drug-likeness (QED) is 0.406. The van der Waals surface area contributed by atoms with Crippen LogP contribution in [0.5, 0.6) is 0 Å². The van der Waals surface area contributed by atoms with E-state index < -0.39 is 4.92 Å². The number of nitrogens with zero attached hydrogens (tertiary/aromatic N) is 3. The van der Waals surface area contributed by atoms with Crippen LogP contribution in [-0.2, 0) is 20.8 Å². The Morgan fingerprint density at radius 2 is 2.10 bits per heavy atom. The molecule has 1 amide bonds. The SMILES string of the molecule is CCc1cccc(NC(=O)CO/N=C\c2ccc(N3CCOCC3)c([N+](=O)[O-])c2)c1. The maximum absolute atomic E-state index is 12.0. The second-order valence-corrected chi connectivity index (χ2v) is 6.71. The molecule has 0 spiro atoms. The molecule has 1 N–H and O–H groups in total. The zero-order valence-corrected chi connectivity index (χ0v) is 16.7. The largest absolute Gasteiger partial charge is 0.386 e. The number of carbonyl (C=O) groups is 1.